The normalized spacial score (nSPS) is 13.2. The molecule has 122 valence electrons. The maximum atomic E-state index is 11.9. The summed E-state index contributed by atoms with van der Waals surface area (Å²) in [5, 5.41) is 2.89. The predicted molar refractivity (Wildman–Crippen MR) is 91.7 cm³/mol. The molecule has 0 bridgehead atoms. The van der Waals surface area contributed by atoms with E-state index in [1.54, 1.807) is 0 Å². The SMILES string of the molecule is Cl.NCCCCCCC(=O)Nc1ccc2c(c1)C(=O)CCC2. The monoisotopic (exact) mass is 324 g/mol. The molecule has 5 heteroatoms. The molecular formula is C17H25ClN2O2. The maximum absolute atomic E-state index is 11.9. The number of halogens is 1. The molecule has 0 saturated heterocycles. The zero-order valence-electron chi connectivity index (χ0n) is 12.9. The number of amides is 1. The summed E-state index contributed by atoms with van der Waals surface area (Å²) in [6, 6.07) is 5.68. The summed E-state index contributed by atoms with van der Waals surface area (Å²) in [6.07, 6.45) is 7.05. The van der Waals surface area contributed by atoms with Crippen molar-refractivity contribution in [3.8, 4) is 0 Å². The number of nitrogens with two attached hydrogens (primary N) is 1. The molecule has 1 aliphatic carbocycles. The van der Waals surface area contributed by atoms with Crippen molar-refractivity contribution in [1.29, 1.82) is 0 Å². The highest BCUT2D eigenvalue weighted by atomic mass is 35.5. The van der Waals surface area contributed by atoms with Crippen LogP contribution < -0.4 is 11.1 Å². The van der Waals surface area contributed by atoms with Gasteiger partial charge in [-0.25, -0.2) is 0 Å². The van der Waals surface area contributed by atoms with Crippen LogP contribution in [0.4, 0.5) is 5.69 Å². The molecule has 0 fully saturated rings. The molecule has 22 heavy (non-hydrogen) atoms. The number of hydrogen-bond acceptors (Lipinski definition) is 3. The van der Waals surface area contributed by atoms with Crippen molar-refractivity contribution in [2.24, 2.45) is 5.73 Å². The van der Waals surface area contributed by atoms with Crippen LogP contribution in [-0.2, 0) is 11.2 Å². The van der Waals surface area contributed by atoms with Gasteiger partial charge in [0, 0.05) is 24.1 Å². The zero-order chi connectivity index (χ0) is 15.1. The molecule has 1 aliphatic rings. The van der Waals surface area contributed by atoms with Crippen LogP contribution in [0.5, 0.6) is 0 Å². The van der Waals surface area contributed by atoms with E-state index < -0.39 is 0 Å². The minimum Gasteiger partial charge on any atom is -0.330 e. The fourth-order valence-corrected chi connectivity index (χ4v) is 2.71. The van der Waals surface area contributed by atoms with Gasteiger partial charge in [-0.2, -0.15) is 0 Å². The van der Waals surface area contributed by atoms with Crippen LogP contribution in [0.3, 0.4) is 0 Å². The van der Waals surface area contributed by atoms with Crippen LogP contribution in [0.2, 0.25) is 0 Å². The Hall–Kier alpha value is -1.39. The molecule has 1 amide bonds. The van der Waals surface area contributed by atoms with Crippen molar-refractivity contribution in [3.05, 3.63) is 29.3 Å². The van der Waals surface area contributed by atoms with Gasteiger partial charge in [-0.15, -0.1) is 12.4 Å². The number of anilines is 1. The number of carbonyl (C=O) groups excluding carboxylic acids is 2. The van der Waals surface area contributed by atoms with E-state index in [-0.39, 0.29) is 24.1 Å². The molecule has 0 aliphatic heterocycles. The maximum Gasteiger partial charge on any atom is 0.224 e. The van der Waals surface area contributed by atoms with Gasteiger partial charge >= 0.3 is 0 Å². The quantitative estimate of drug-likeness (QED) is 0.754. The highest BCUT2D eigenvalue weighted by molar-refractivity contribution is 6.00. The van der Waals surface area contributed by atoms with Crippen LogP contribution >= 0.6 is 12.4 Å². The summed E-state index contributed by atoms with van der Waals surface area (Å²) >= 11 is 0. The topological polar surface area (TPSA) is 72.2 Å². The number of nitrogens with one attached hydrogen (secondary N) is 1. The van der Waals surface area contributed by atoms with Crippen LogP contribution in [0.15, 0.2) is 18.2 Å². The second kappa shape index (κ2) is 9.59. The van der Waals surface area contributed by atoms with Crippen molar-refractivity contribution in [2.45, 2.75) is 51.4 Å². The summed E-state index contributed by atoms with van der Waals surface area (Å²) in [4.78, 5) is 23.7. The van der Waals surface area contributed by atoms with Gasteiger partial charge in [-0.3, -0.25) is 9.59 Å². The number of aryl methyl sites for hydroxylation is 1. The Labute approximate surface area is 138 Å². The number of unbranched alkanes of at least 4 members (excludes halogenated alkanes) is 3. The lowest BCUT2D eigenvalue weighted by Gasteiger charge is -2.16. The standard InChI is InChI=1S/C17H24N2O2.ClH/c18-11-4-2-1-3-8-17(21)19-14-10-9-13-6-5-7-16(20)15(13)12-14;/h9-10,12H,1-8,11,18H2,(H,19,21);1H. The molecule has 4 nitrogen and oxygen atoms in total. The molecule has 0 unspecified atom stereocenters. The smallest absolute Gasteiger partial charge is 0.224 e. The fraction of sp³-hybridized carbons (Fsp3) is 0.529. The molecule has 0 saturated carbocycles. The minimum absolute atomic E-state index is 0. The molecule has 0 radical (unpaired) electrons. The average molecular weight is 325 g/mol. The largest absolute Gasteiger partial charge is 0.330 e. The zero-order valence-corrected chi connectivity index (χ0v) is 13.7. The van der Waals surface area contributed by atoms with E-state index in [9.17, 15) is 9.59 Å². The Morgan fingerprint density at radius 3 is 2.68 bits per heavy atom. The van der Waals surface area contributed by atoms with E-state index >= 15 is 0 Å². The molecule has 0 aromatic heterocycles. The molecule has 1 aromatic carbocycles. The number of hydrogen-bond donors (Lipinski definition) is 2. The third kappa shape index (κ3) is 5.43. The first-order valence-corrected chi connectivity index (χ1v) is 7.87. The van der Waals surface area contributed by atoms with Gasteiger partial charge in [0.2, 0.25) is 5.91 Å². The number of ketones is 1. The van der Waals surface area contributed by atoms with E-state index in [4.69, 9.17) is 5.73 Å². The third-order valence-corrected chi connectivity index (χ3v) is 3.90. The highest BCUT2D eigenvalue weighted by Gasteiger charge is 2.17. The first kappa shape index (κ1) is 18.7. The Kier molecular flexibility index (Phi) is 8.13. The van der Waals surface area contributed by atoms with E-state index in [1.165, 1.54) is 0 Å². The average Bonchev–Trinajstić information content (AvgIpc) is 2.48. The second-order valence-corrected chi connectivity index (χ2v) is 5.65. The first-order chi connectivity index (χ1) is 10.2. The molecule has 0 heterocycles. The minimum atomic E-state index is 0. The number of benzene rings is 1. The number of Topliss-reactive ketones (excluding diaryl/α,β-unsaturated/α-hetero) is 1. The summed E-state index contributed by atoms with van der Waals surface area (Å²) in [5.41, 5.74) is 8.05. The van der Waals surface area contributed by atoms with E-state index in [0.29, 0.717) is 12.8 Å². The van der Waals surface area contributed by atoms with Crippen molar-refractivity contribution in [1.82, 2.24) is 0 Å². The summed E-state index contributed by atoms with van der Waals surface area (Å²) in [6.45, 7) is 0.718. The highest BCUT2D eigenvalue weighted by Crippen LogP contribution is 2.24. The summed E-state index contributed by atoms with van der Waals surface area (Å²) in [7, 11) is 0. The Morgan fingerprint density at radius 2 is 1.91 bits per heavy atom. The molecule has 0 atom stereocenters. The van der Waals surface area contributed by atoms with Crippen molar-refractivity contribution in [2.75, 3.05) is 11.9 Å². The number of rotatable bonds is 7. The summed E-state index contributed by atoms with van der Waals surface area (Å²) in [5.74, 6) is 0.208. The number of fused-ring (bicyclic) bond motifs is 1. The fourth-order valence-electron chi connectivity index (χ4n) is 2.71. The summed E-state index contributed by atoms with van der Waals surface area (Å²) < 4.78 is 0. The van der Waals surface area contributed by atoms with E-state index in [1.807, 2.05) is 18.2 Å². The van der Waals surface area contributed by atoms with Crippen LogP contribution in [0.1, 0.15) is 60.9 Å². The Balaban J connectivity index is 0.00000242. The van der Waals surface area contributed by atoms with Crippen molar-refractivity contribution in [3.63, 3.8) is 0 Å². The van der Waals surface area contributed by atoms with Gasteiger partial charge in [0.05, 0.1) is 0 Å². The molecular weight excluding hydrogens is 300 g/mol. The van der Waals surface area contributed by atoms with Gasteiger partial charge in [0.1, 0.15) is 0 Å². The van der Waals surface area contributed by atoms with Gasteiger partial charge in [-0.05, 0) is 49.9 Å². The van der Waals surface area contributed by atoms with Crippen LogP contribution in [-0.4, -0.2) is 18.2 Å². The molecule has 3 N–H and O–H groups in total. The predicted octanol–water partition coefficient (Wildman–Crippen LogP) is 3.48. The lowest BCUT2D eigenvalue weighted by molar-refractivity contribution is -0.116. The van der Waals surface area contributed by atoms with Gasteiger partial charge in [-0.1, -0.05) is 18.9 Å². The van der Waals surface area contributed by atoms with E-state index in [2.05, 4.69) is 5.32 Å². The van der Waals surface area contributed by atoms with Crippen molar-refractivity contribution < 1.29 is 9.59 Å². The van der Waals surface area contributed by atoms with Gasteiger partial charge in [0.25, 0.3) is 0 Å². The lowest BCUT2D eigenvalue weighted by atomic mass is 9.90. The Bertz CT molecular complexity index is 517. The lowest BCUT2D eigenvalue weighted by Crippen LogP contribution is -2.14. The Morgan fingerprint density at radius 1 is 1.14 bits per heavy atom. The first-order valence-electron chi connectivity index (χ1n) is 7.87. The van der Waals surface area contributed by atoms with Gasteiger partial charge in [0.15, 0.2) is 5.78 Å². The van der Waals surface area contributed by atoms with Crippen molar-refractivity contribution >= 4 is 29.8 Å². The van der Waals surface area contributed by atoms with Crippen LogP contribution in [0, 0.1) is 0 Å². The third-order valence-electron chi connectivity index (χ3n) is 3.90. The second-order valence-electron chi connectivity index (χ2n) is 5.65. The molecule has 1 aromatic rings. The molecule has 2 rings (SSSR count). The van der Waals surface area contributed by atoms with Gasteiger partial charge < -0.3 is 11.1 Å². The van der Waals surface area contributed by atoms with Crippen LogP contribution in [0.25, 0.3) is 0 Å². The number of carbonyl (C=O) groups is 2. The van der Waals surface area contributed by atoms with E-state index in [0.717, 1.165) is 61.9 Å². The molecule has 0 spiro atoms.